The Labute approximate surface area is 95.2 Å². The summed E-state index contributed by atoms with van der Waals surface area (Å²) in [6.07, 6.45) is 0.371. The fraction of sp³-hybridized carbons (Fsp3) is 0.800. The smallest absolute Gasteiger partial charge is 0.324 e. The maximum atomic E-state index is 11.2. The molecule has 6 nitrogen and oxygen atoms in total. The lowest BCUT2D eigenvalue weighted by Crippen LogP contribution is -2.38. The van der Waals surface area contributed by atoms with E-state index in [0.717, 1.165) is 6.54 Å². The highest BCUT2D eigenvalue weighted by Crippen LogP contribution is 2.00. The van der Waals surface area contributed by atoms with Crippen LogP contribution in [-0.4, -0.2) is 66.2 Å². The number of imide groups is 1. The molecule has 3 amide bonds. The van der Waals surface area contributed by atoms with Gasteiger partial charge in [-0.15, -0.1) is 0 Å². The van der Waals surface area contributed by atoms with Gasteiger partial charge < -0.3 is 15.3 Å². The normalized spacial score (nSPS) is 18.1. The zero-order chi connectivity index (χ0) is 12.1. The van der Waals surface area contributed by atoms with Crippen molar-refractivity contribution in [2.45, 2.75) is 19.4 Å². The molecule has 6 heteroatoms. The Kier molecular flexibility index (Phi) is 4.70. The van der Waals surface area contributed by atoms with Crippen LogP contribution in [0.1, 0.15) is 13.3 Å². The monoisotopic (exact) mass is 229 g/mol. The molecule has 1 aliphatic heterocycles. The third-order valence-corrected chi connectivity index (χ3v) is 2.57. The third kappa shape index (κ3) is 3.79. The van der Waals surface area contributed by atoms with Gasteiger partial charge in [-0.3, -0.25) is 9.69 Å². The molecular formula is C10H19N3O3. The highest BCUT2D eigenvalue weighted by atomic mass is 16.3. The Bertz CT molecular complexity index is 252. The first-order valence-corrected chi connectivity index (χ1v) is 5.45. The number of nitrogens with zero attached hydrogens (tertiary/aromatic N) is 2. The zero-order valence-corrected chi connectivity index (χ0v) is 9.77. The van der Waals surface area contributed by atoms with E-state index < -0.39 is 0 Å². The van der Waals surface area contributed by atoms with Crippen molar-refractivity contribution in [2.75, 3.05) is 33.2 Å². The van der Waals surface area contributed by atoms with Crippen LogP contribution in [0.15, 0.2) is 0 Å². The van der Waals surface area contributed by atoms with E-state index in [1.807, 2.05) is 11.9 Å². The molecule has 0 aromatic carbocycles. The van der Waals surface area contributed by atoms with Crippen LogP contribution in [0.4, 0.5) is 4.79 Å². The molecule has 1 saturated heterocycles. The van der Waals surface area contributed by atoms with Gasteiger partial charge in [-0.25, -0.2) is 4.79 Å². The van der Waals surface area contributed by atoms with Gasteiger partial charge in [0.2, 0.25) is 5.91 Å². The van der Waals surface area contributed by atoms with Gasteiger partial charge in [0.25, 0.3) is 0 Å². The van der Waals surface area contributed by atoms with Crippen LogP contribution < -0.4 is 5.32 Å². The molecule has 0 spiro atoms. The quantitative estimate of drug-likeness (QED) is 0.587. The number of rotatable bonds is 6. The Morgan fingerprint density at radius 1 is 1.50 bits per heavy atom. The van der Waals surface area contributed by atoms with E-state index in [2.05, 4.69) is 5.32 Å². The highest BCUT2D eigenvalue weighted by molar-refractivity contribution is 6.01. The van der Waals surface area contributed by atoms with Crippen molar-refractivity contribution in [2.24, 2.45) is 0 Å². The lowest BCUT2D eigenvalue weighted by Gasteiger charge is -2.20. The number of carbonyl (C=O) groups excluding carboxylic acids is 2. The zero-order valence-electron chi connectivity index (χ0n) is 9.77. The molecule has 0 saturated carbocycles. The minimum Gasteiger partial charge on any atom is -0.393 e. The van der Waals surface area contributed by atoms with E-state index in [-0.39, 0.29) is 24.6 Å². The first kappa shape index (κ1) is 12.9. The summed E-state index contributed by atoms with van der Waals surface area (Å²) in [5.74, 6) is -0.172. The minimum atomic E-state index is -0.320. The van der Waals surface area contributed by atoms with Crippen LogP contribution in [-0.2, 0) is 4.79 Å². The molecule has 0 radical (unpaired) electrons. The molecule has 16 heavy (non-hydrogen) atoms. The lowest BCUT2D eigenvalue weighted by atomic mass is 10.3. The number of urea groups is 1. The van der Waals surface area contributed by atoms with Crippen LogP contribution >= 0.6 is 0 Å². The maximum Gasteiger partial charge on any atom is 0.324 e. The molecule has 0 aromatic rings. The van der Waals surface area contributed by atoms with Crippen molar-refractivity contribution >= 4 is 11.9 Å². The van der Waals surface area contributed by atoms with Crippen LogP contribution in [0.5, 0.6) is 0 Å². The Balaban J connectivity index is 2.23. The highest BCUT2D eigenvalue weighted by Gasteiger charge is 2.27. The molecule has 1 unspecified atom stereocenters. The van der Waals surface area contributed by atoms with E-state index >= 15 is 0 Å². The second-order valence-corrected chi connectivity index (χ2v) is 4.15. The largest absolute Gasteiger partial charge is 0.393 e. The molecule has 0 aliphatic carbocycles. The first-order valence-electron chi connectivity index (χ1n) is 5.45. The fourth-order valence-corrected chi connectivity index (χ4v) is 1.47. The van der Waals surface area contributed by atoms with Gasteiger partial charge in [0.1, 0.15) is 0 Å². The van der Waals surface area contributed by atoms with Crippen LogP contribution in [0, 0.1) is 0 Å². The maximum absolute atomic E-state index is 11.2. The van der Waals surface area contributed by atoms with Crippen LogP contribution in [0.25, 0.3) is 0 Å². The molecule has 1 aliphatic rings. The number of hydrogen-bond donors (Lipinski definition) is 2. The fourth-order valence-electron chi connectivity index (χ4n) is 1.47. The van der Waals surface area contributed by atoms with Crippen molar-refractivity contribution in [3.05, 3.63) is 0 Å². The van der Waals surface area contributed by atoms with Crippen molar-refractivity contribution in [3.8, 4) is 0 Å². The summed E-state index contributed by atoms with van der Waals surface area (Å²) >= 11 is 0. The minimum absolute atomic E-state index is 0.107. The summed E-state index contributed by atoms with van der Waals surface area (Å²) < 4.78 is 0. The van der Waals surface area contributed by atoms with Crippen molar-refractivity contribution < 1.29 is 14.7 Å². The van der Waals surface area contributed by atoms with E-state index in [0.29, 0.717) is 19.5 Å². The first-order chi connectivity index (χ1) is 7.50. The van der Waals surface area contributed by atoms with Gasteiger partial charge in [-0.1, -0.05) is 0 Å². The van der Waals surface area contributed by atoms with E-state index in [1.54, 1.807) is 6.92 Å². The number of aliphatic hydroxyl groups is 1. The topological polar surface area (TPSA) is 72.9 Å². The summed E-state index contributed by atoms with van der Waals surface area (Å²) in [5.41, 5.74) is 0. The summed E-state index contributed by atoms with van der Waals surface area (Å²) in [6, 6.07) is -0.311. The lowest BCUT2D eigenvalue weighted by molar-refractivity contribution is -0.125. The molecule has 92 valence electrons. The molecule has 1 fully saturated rings. The third-order valence-electron chi connectivity index (χ3n) is 2.57. The van der Waals surface area contributed by atoms with Crippen LogP contribution in [0.3, 0.4) is 0 Å². The van der Waals surface area contributed by atoms with E-state index in [1.165, 1.54) is 4.90 Å². The molecule has 1 rings (SSSR count). The van der Waals surface area contributed by atoms with Crippen LogP contribution in [0.2, 0.25) is 0 Å². The number of carbonyl (C=O) groups is 2. The molecular weight excluding hydrogens is 210 g/mol. The number of nitrogens with one attached hydrogen (secondary N) is 1. The Morgan fingerprint density at radius 3 is 2.69 bits per heavy atom. The average molecular weight is 229 g/mol. The predicted octanol–water partition coefficient (Wildman–Crippen LogP) is -0.759. The van der Waals surface area contributed by atoms with Gasteiger partial charge in [-0.05, 0) is 20.4 Å². The Morgan fingerprint density at radius 2 is 2.19 bits per heavy atom. The second kappa shape index (κ2) is 5.81. The van der Waals surface area contributed by atoms with Gasteiger partial charge >= 0.3 is 6.03 Å². The van der Waals surface area contributed by atoms with Gasteiger partial charge in [0.15, 0.2) is 0 Å². The SMILES string of the molecule is CC(O)CCN(C)CCN1C(=O)CNC1=O. The number of amides is 3. The standard InChI is InChI=1S/C10H19N3O3/c1-8(14)3-4-12(2)5-6-13-9(15)7-11-10(13)16/h8,14H,3-7H2,1-2H3,(H,11,16). The van der Waals surface area contributed by atoms with Crippen molar-refractivity contribution in [3.63, 3.8) is 0 Å². The summed E-state index contributed by atoms with van der Waals surface area (Å²) in [7, 11) is 1.90. The summed E-state index contributed by atoms with van der Waals surface area (Å²) in [4.78, 5) is 25.7. The number of aliphatic hydroxyl groups excluding tert-OH is 1. The molecule has 0 aromatic heterocycles. The molecule has 0 bridgehead atoms. The van der Waals surface area contributed by atoms with Gasteiger partial charge in [-0.2, -0.15) is 0 Å². The average Bonchev–Trinajstić information content (AvgIpc) is 2.53. The molecule has 1 atom stereocenters. The van der Waals surface area contributed by atoms with E-state index in [9.17, 15) is 9.59 Å². The van der Waals surface area contributed by atoms with Gasteiger partial charge in [0, 0.05) is 19.6 Å². The number of hydrogen-bond acceptors (Lipinski definition) is 4. The summed E-state index contributed by atoms with van der Waals surface area (Å²) in [6.45, 7) is 3.63. The van der Waals surface area contributed by atoms with E-state index in [4.69, 9.17) is 5.11 Å². The number of likely N-dealkylation sites (N-methyl/N-ethyl adjacent to an activating group) is 1. The van der Waals surface area contributed by atoms with Crippen molar-refractivity contribution in [1.29, 1.82) is 0 Å². The second-order valence-electron chi connectivity index (χ2n) is 4.15. The molecule has 2 N–H and O–H groups in total. The van der Waals surface area contributed by atoms with Crippen molar-refractivity contribution in [1.82, 2.24) is 15.1 Å². The molecule has 1 heterocycles. The Hall–Kier alpha value is -1.14. The predicted molar refractivity (Wildman–Crippen MR) is 58.9 cm³/mol. The van der Waals surface area contributed by atoms with Gasteiger partial charge in [0.05, 0.1) is 12.6 Å². The summed E-state index contributed by atoms with van der Waals surface area (Å²) in [5, 5.41) is 11.6.